The Kier molecular flexibility index (Phi) is 6.98. The van der Waals surface area contributed by atoms with Crippen LogP contribution in [-0.2, 0) is 0 Å². The van der Waals surface area contributed by atoms with Gasteiger partial charge >= 0.3 is 0 Å². The van der Waals surface area contributed by atoms with E-state index in [0.29, 0.717) is 0 Å². The lowest BCUT2D eigenvalue weighted by Gasteiger charge is -2.13. The fourth-order valence-corrected chi connectivity index (χ4v) is 1.65. The molecule has 0 fully saturated rings. The quantitative estimate of drug-likeness (QED) is 0.559. The van der Waals surface area contributed by atoms with Crippen LogP contribution in [0.2, 0.25) is 0 Å². The molecular formula is C16H23NO. The average Bonchev–Trinajstić information content (AvgIpc) is 2.41. The highest BCUT2D eigenvalue weighted by molar-refractivity contribution is 5.32. The van der Waals surface area contributed by atoms with Gasteiger partial charge < -0.3 is 10.1 Å². The molecule has 0 spiro atoms. The third kappa shape index (κ3) is 4.81. The molecule has 0 saturated heterocycles. The van der Waals surface area contributed by atoms with Crippen LogP contribution in [0.5, 0.6) is 5.75 Å². The van der Waals surface area contributed by atoms with Gasteiger partial charge in [-0.05, 0) is 37.1 Å². The van der Waals surface area contributed by atoms with E-state index in [0.717, 1.165) is 43.7 Å². The Morgan fingerprint density at radius 3 is 2.50 bits per heavy atom. The number of unbranched alkanes of at least 4 members (excludes halogenated alkanes) is 1. The number of rotatable bonds is 8. The number of hydrogen-bond acceptors (Lipinski definition) is 2. The molecule has 2 nitrogen and oxygen atoms in total. The summed E-state index contributed by atoms with van der Waals surface area (Å²) >= 11 is 0. The van der Waals surface area contributed by atoms with Gasteiger partial charge in [0.15, 0.2) is 0 Å². The van der Waals surface area contributed by atoms with E-state index in [1.807, 2.05) is 24.3 Å². The van der Waals surface area contributed by atoms with E-state index in [1.54, 1.807) is 0 Å². The van der Waals surface area contributed by atoms with Crippen molar-refractivity contribution in [3.05, 3.63) is 29.8 Å². The first kappa shape index (κ1) is 14.6. The molecule has 1 unspecified atom stereocenters. The molecule has 0 bridgehead atoms. The van der Waals surface area contributed by atoms with E-state index in [1.165, 1.54) is 0 Å². The second kappa shape index (κ2) is 8.60. The molecule has 1 rings (SSSR count). The molecule has 0 aliphatic carbocycles. The van der Waals surface area contributed by atoms with Crippen LogP contribution in [0.4, 0.5) is 0 Å². The molecule has 1 atom stereocenters. The Morgan fingerprint density at radius 2 is 1.94 bits per heavy atom. The van der Waals surface area contributed by atoms with Crippen LogP contribution >= 0.6 is 0 Å². The molecule has 0 radical (unpaired) electrons. The van der Waals surface area contributed by atoms with Gasteiger partial charge in [-0.25, -0.2) is 0 Å². The molecule has 1 N–H and O–H groups in total. The third-order valence-corrected chi connectivity index (χ3v) is 2.75. The zero-order chi connectivity index (χ0) is 13.2. The van der Waals surface area contributed by atoms with Gasteiger partial charge in [-0.2, -0.15) is 0 Å². The van der Waals surface area contributed by atoms with Crippen LogP contribution in [0.25, 0.3) is 0 Å². The molecule has 2 heteroatoms. The van der Waals surface area contributed by atoms with Gasteiger partial charge in [-0.15, -0.1) is 6.42 Å². The van der Waals surface area contributed by atoms with Crippen molar-refractivity contribution in [2.24, 2.45) is 0 Å². The van der Waals surface area contributed by atoms with Crippen molar-refractivity contribution >= 4 is 0 Å². The summed E-state index contributed by atoms with van der Waals surface area (Å²) in [6.07, 6.45) is 8.86. The summed E-state index contributed by atoms with van der Waals surface area (Å²) in [5.41, 5.74) is 1.12. The van der Waals surface area contributed by atoms with E-state index in [4.69, 9.17) is 11.2 Å². The lowest BCUT2D eigenvalue weighted by atomic mass is 10.1. The van der Waals surface area contributed by atoms with Gasteiger partial charge in [-0.1, -0.05) is 38.3 Å². The molecule has 0 heterocycles. The molecule has 0 aromatic heterocycles. The zero-order valence-corrected chi connectivity index (χ0v) is 11.4. The summed E-state index contributed by atoms with van der Waals surface area (Å²) in [6, 6.07) is 8.05. The molecule has 98 valence electrons. The Hall–Kier alpha value is -1.46. The van der Waals surface area contributed by atoms with Crippen molar-refractivity contribution in [1.29, 1.82) is 0 Å². The number of ether oxygens (including phenoxy) is 1. The minimum Gasteiger partial charge on any atom is -0.494 e. The van der Waals surface area contributed by atoms with Crippen molar-refractivity contribution in [1.82, 2.24) is 5.32 Å². The molecular weight excluding hydrogens is 222 g/mol. The highest BCUT2D eigenvalue weighted by Crippen LogP contribution is 2.17. The molecule has 1 aromatic carbocycles. The highest BCUT2D eigenvalue weighted by atomic mass is 16.5. The van der Waals surface area contributed by atoms with Crippen LogP contribution in [0.15, 0.2) is 24.3 Å². The van der Waals surface area contributed by atoms with Gasteiger partial charge in [0.25, 0.3) is 0 Å². The molecule has 0 aliphatic rings. The van der Waals surface area contributed by atoms with Crippen molar-refractivity contribution < 1.29 is 4.74 Å². The van der Waals surface area contributed by atoms with Gasteiger partial charge in [0.1, 0.15) is 5.75 Å². The Bertz CT molecular complexity index is 364. The minimum absolute atomic E-state index is 0.00496. The van der Waals surface area contributed by atoms with E-state index >= 15 is 0 Å². The normalized spacial score (nSPS) is 11.8. The Balaban J connectivity index is 2.55. The van der Waals surface area contributed by atoms with E-state index in [2.05, 4.69) is 25.1 Å². The van der Waals surface area contributed by atoms with Crippen LogP contribution in [0.1, 0.15) is 44.7 Å². The first-order chi connectivity index (χ1) is 8.81. The van der Waals surface area contributed by atoms with Gasteiger partial charge in [0.05, 0.1) is 12.6 Å². The molecule has 1 aromatic rings. The third-order valence-electron chi connectivity index (χ3n) is 2.75. The monoisotopic (exact) mass is 245 g/mol. The number of terminal acetylenes is 1. The summed E-state index contributed by atoms with van der Waals surface area (Å²) < 4.78 is 5.62. The predicted octanol–water partition coefficient (Wildman–Crippen LogP) is 3.54. The number of hydrogen-bond donors (Lipinski definition) is 1. The van der Waals surface area contributed by atoms with Crippen molar-refractivity contribution in [2.45, 2.75) is 39.2 Å². The maximum Gasteiger partial charge on any atom is 0.119 e. The highest BCUT2D eigenvalue weighted by Gasteiger charge is 2.06. The average molecular weight is 245 g/mol. The maximum absolute atomic E-state index is 5.62. The van der Waals surface area contributed by atoms with E-state index < -0.39 is 0 Å². The smallest absolute Gasteiger partial charge is 0.119 e. The van der Waals surface area contributed by atoms with E-state index in [9.17, 15) is 0 Å². The second-order valence-corrected chi connectivity index (χ2v) is 4.32. The van der Waals surface area contributed by atoms with Crippen molar-refractivity contribution in [3.63, 3.8) is 0 Å². The maximum atomic E-state index is 5.62. The largest absolute Gasteiger partial charge is 0.494 e. The Labute approximate surface area is 111 Å². The SMILES string of the molecule is C#CC(NCCC)c1ccc(OCCCC)cc1. The van der Waals surface area contributed by atoms with Gasteiger partial charge in [0.2, 0.25) is 0 Å². The van der Waals surface area contributed by atoms with Crippen LogP contribution in [0.3, 0.4) is 0 Å². The van der Waals surface area contributed by atoms with Gasteiger partial charge in [-0.3, -0.25) is 0 Å². The van der Waals surface area contributed by atoms with Gasteiger partial charge in [0, 0.05) is 0 Å². The summed E-state index contributed by atoms with van der Waals surface area (Å²) in [4.78, 5) is 0. The van der Waals surface area contributed by atoms with Crippen LogP contribution in [-0.4, -0.2) is 13.2 Å². The van der Waals surface area contributed by atoms with Crippen molar-refractivity contribution in [2.75, 3.05) is 13.2 Å². The molecule has 0 aliphatic heterocycles. The lowest BCUT2D eigenvalue weighted by molar-refractivity contribution is 0.309. The minimum atomic E-state index is -0.00496. The van der Waals surface area contributed by atoms with Crippen LogP contribution < -0.4 is 10.1 Å². The van der Waals surface area contributed by atoms with Crippen LogP contribution in [0, 0.1) is 12.3 Å². The zero-order valence-electron chi connectivity index (χ0n) is 11.4. The summed E-state index contributed by atoms with van der Waals surface area (Å²) in [7, 11) is 0. The van der Waals surface area contributed by atoms with E-state index in [-0.39, 0.29) is 6.04 Å². The second-order valence-electron chi connectivity index (χ2n) is 4.32. The first-order valence-electron chi connectivity index (χ1n) is 6.74. The summed E-state index contributed by atoms with van der Waals surface area (Å²) in [5, 5.41) is 3.33. The number of nitrogens with one attached hydrogen (secondary N) is 1. The lowest BCUT2D eigenvalue weighted by Crippen LogP contribution is -2.20. The van der Waals surface area contributed by atoms with Crippen molar-refractivity contribution in [3.8, 4) is 18.1 Å². The fraction of sp³-hybridized carbons (Fsp3) is 0.500. The first-order valence-corrected chi connectivity index (χ1v) is 6.74. The number of benzene rings is 1. The summed E-state index contributed by atoms with van der Waals surface area (Å²) in [6.45, 7) is 6.00. The standard InChI is InChI=1S/C16H23NO/c1-4-7-13-18-15-10-8-14(9-11-15)16(6-3)17-12-5-2/h3,8-11,16-17H,4-5,7,12-13H2,1-2H3. The fourth-order valence-electron chi connectivity index (χ4n) is 1.65. The molecule has 0 saturated carbocycles. The molecule has 18 heavy (non-hydrogen) atoms. The topological polar surface area (TPSA) is 21.3 Å². The Morgan fingerprint density at radius 1 is 1.22 bits per heavy atom. The summed E-state index contributed by atoms with van der Waals surface area (Å²) in [5.74, 6) is 3.69. The molecule has 0 amide bonds. The predicted molar refractivity (Wildman–Crippen MR) is 76.7 cm³/mol.